The number of amides is 1. The highest BCUT2D eigenvalue weighted by Gasteiger charge is 2.27. The number of hydrogen-bond donors (Lipinski definition) is 0. The number of rotatable bonds is 8. The van der Waals surface area contributed by atoms with Crippen molar-refractivity contribution in [2.45, 2.75) is 32.4 Å². The van der Waals surface area contributed by atoms with Crippen LogP contribution in [0.25, 0.3) is 0 Å². The molecule has 2 aromatic carbocycles. The van der Waals surface area contributed by atoms with Crippen LogP contribution in [0.1, 0.15) is 36.1 Å². The second-order valence-electron chi connectivity index (χ2n) is 8.46. The maximum atomic E-state index is 13.1. The van der Waals surface area contributed by atoms with Crippen molar-refractivity contribution >= 4 is 5.91 Å². The number of ether oxygens (including phenoxy) is 1. The largest absolute Gasteiger partial charge is 0.482 e. The number of benzene rings is 2. The van der Waals surface area contributed by atoms with Gasteiger partial charge in [0.2, 0.25) is 17.1 Å². The van der Waals surface area contributed by atoms with Crippen LogP contribution < -0.4 is 10.2 Å². The van der Waals surface area contributed by atoms with E-state index < -0.39 is 0 Å². The molecule has 1 fully saturated rings. The highest BCUT2D eigenvalue weighted by molar-refractivity contribution is 5.83. The average Bonchev–Trinajstić information content (AvgIpc) is 2.86. The summed E-state index contributed by atoms with van der Waals surface area (Å²) in [4.78, 5) is 29.6. The molecule has 178 valence electrons. The van der Waals surface area contributed by atoms with Crippen LogP contribution in [0.2, 0.25) is 0 Å². The molecule has 34 heavy (non-hydrogen) atoms. The van der Waals surface area contributed by atoms with Crippen molar-refractivity contribution in [3.63, 3.8) is 0 Å². The smallest absolute Gasteiger partial charge is 0.230 e. The third-order valence-electron chi connectivity index (χ3n) is 6.13. The van der Waals surface area contributed by atoms with Crippen LogP contribution in [-0.2, 0) is 17.9 Å². The van der Waals surface area contributed by atoms with Gasteiger partial charge < -0.3 is 14.1 Å². The van der Waals surface area contributed by atoms with Gasteiger partial charge in [-0.1, -0.05) is 49.4 Å². The Bertz CT molecular complexity index is 1140. The molecule has 1 amide bonds. The van der Waals surface area contributed by atoms with Crippen LogP contribution >= 0.6 is 0 Å². The molecule has 0 spiro atoms. The molecule has 0 radical (unpaired) electrons. The second-order valence-corrected chi connectivity index (χ2v) is 8.46. The second kappa shape index (κ2) is 11.1. The van der Waals surface area contributed by atoms with Crippen molar-refractivity contribution in [2.75, 3.05) is 26.2 Å². The first-order chi connectivity index (χ1) is 16.5. The normalized spacial score (nSPS) is 15.2. The van der Waals surface area contributed by atoms with Gasteiger partial charge in [-0.2, -0.15) is 0 Å². The summed E-state index contributed by atoms with van der Waals surface area (Å²) in [5.74, 6) is 0.402. The summed E-state index contributed by atoms with van der Waals surface area (Å²) in [6.45, 7) is 5.40. The Hall–Kier alpha value is -3.45. The first-order valence-electron chi connectivity index (χ1n) is 11.6. The fourth-order valence-corrected chi connectivity index (χ4v) is 4.17. The van der Waals surface area contributed by atoms with Gasteiger partial charge in [-0.05, 0) is 29.7 Å². The maximum absolute atomic E-state index is 13.1. The molecule has 4 rings (SSSR count). The molecule has 1 saturated heterocycles. The van der Waals surface area contributed by atoms with E-state index in [0.29, 0.717) is 38.5 Å². The van der Waals surface area contributed by atoms with Gasteiger partial charge in [0.15, 0.2) is 0 Å². The van der Waals surface area contributed by atoms with Crippen LogP contribution in [-0.4, -0.2) is 41.9 Å². The molecule has 1 aromatic heterocycles. The Labute approximate surface area is 198 Å². The molecule has 0 N–H and O–H groups in total. The van der Waals surface area contributed by atoms with E-state index >= 15 is 0 Å². The van der Waals surface area contributed by atoms with Crippen LogP contribution in [0.5, 0.6) is 5.75 Å². The van der Waals surface area contributed by atoms with Gasteiger partial charge in [0, 0.05) is 32.2 Å². The Balaban J connectivity index is 1.29. The van der Waals surface area contributed by atoms with E-state index in [1.807, 2.05) is 42.2 Å². The summed E-state index contributed by atoms with van der Waals surface area (Å²) in [5, 5.41) is 0. The molecule has 0 saturated carbocycles. The van der Waals surface area contributed by atoms with Crippen molar-refractivity contribution < 1.29 is 18.3 Å². The molecule has 7 heteroatoms. The molecule has 2 heterocycles. The van der Waals surface area contributed by atoms with Gasteiger partial charge in [-0.15, -0.1) is 0 Å². The van der Waals surface area contributed by atoms with Crippen molar-refractivity contribution in [3.8, 4) is 5.75 Å². The molecule has 0 bridgehead atoms. The lowest BCUT2D eigenvalue weighted by Crippen LogP contribution is -2.49. The summed E-state index contributed by atoms with van der Waals surface area (Å²) in [6, 6.07) is 17.3. The van der Waals surface area contributed by atoms with Crippen molar-refractivity contribution in [2.24, 2.45) is 0 Å². The molecule has 6 nitrogen and oxygen atoms in total. The number of carbonyl (C=O) groups is 1. The zero-order valence-corrected chi connectivity index (χ0v) is 19.3. The Morgan fingerprint density at radius 3 is 2.41 bits per heavy atom. The molecule has 1 atom stereocenters. The lowest BCUT2D eigenvalue weighted by Gasteiger charge is -2.36. The zero-order chi connectivity index (χ0) is 23.9. The topological polar surface area (TPSA) is 63.0 Å². The monoisotopic (exact) mass is 464 g/mol. The minimum atomic E-state index is -0.320. The van der Waals surface area contributed by atoms with Gasteiger partial charge in [0.05, 0.1) is 12.5 Å². The standard InChI is InChI=1S/C27H29FN2O4/c1-2-24(21-6-4-3-5-7-21)27(32)30-14-12-29(13-15-30)17-23-16-25(31)26(19-33-23)34-18-20-8-10-22(28)11-9-20/h3-11,16,19,24H,2,12-15,17-18H2,1H3/t24-/m1/s1. The minimum absolute atomic E-state index is 0.117. The van der Waals surface area contributed by atoms with Crippen molar-refractivity contribution in [1.29, 1.82) is 0 Å². The number of carbonyl (C=O) groups excluding carboxylic acids is 1. The lowest BCUT2D eigenvalue weighted by atomic mass is 9.95. The molecule has 0 unspecified atom stereocenters. The number of piperazine rings is 1. The molecule has 0 aliphatic carbocycles. The van der Waals surface area contributed by atoms with E-state index in [4.69, 9.17) is 9.15 Å². The quantitative estimate of drug-likeness (QED) is 0.500. The lowest BCUT2D eigenvalue weighted by molar-refractivity contribution is -0.134. The fraction of sp³-hybridized carbons (Fsp3) is 0.333. The van der Waals surface area contributed by atoms with Gasteiger partial charge >= 0.3 is 0 Å². The van der Waals surface area contributed by atoms with Gasteiger partial charge in [-0.3, -0.25) is 14.5 Å². The third-order valence-corrected chi connectivity index (χ3v) is 6.13. The summed E-state index contributed by atoms with van der Waals surface area (Å²) in [7, 11) is 0. The van der Waals surface area contributed by atoms with Crippen molar-refractivity contribution in [3.05, 3.63) is 99.9 Å². The van der Waals surface area contributed by atoms with E-state index in [1.165, 1.54) is 24.5 Å². The van der Waals surface area contributed by atoms with Crippen LogP contribution in [0.3, 0.4) is 0 Å². The number of hydrogen-bond acceptors (Lipinski definition) is 5. The summed E-state index contributed by atoms with van der Waals surface area (Å²) >= 11 is 0. The Kier molecular flexibility index (Phi) is 7.75. The highest BCUT2D eigenvalue weighted by Crippen LogP contribution is 2.23. The Morgan fingerprint density at radius 1 is 1.06 bits per heavy atom. The first-order valence-corrected chi connectivity index (χ1v) is 11.6. The van der Waals surface area contributed by atoms with Crippen molar-refractivity contribution in [1.82, 2.24) is 9.80 Å². The van der Waals surface area contributed by atoms with Crippen LogP contribution in [0.15, 0.2) is 76.1 Å². The summed E-state index contributed by atoms with van der Waals surface area (Å²) in [6.07, 6.45) is 2.09. The van der Waals surface area contributed by atoms with E-state index in [9.17, 15) is 14.0 Å². The fourth-order valence-electron chi connectivity index (χ4n) is 4.17. The van der Waals surface area contributed by atoms with Crippen LogP contribution in [0.4, 0.5) is 4.39 Å². The van der Waals surface area contributed by atoms with E-state index in [2.05, 4.69) is 4.90 Å². The van der Waals surface area contributed by atoms with Crippen LogP contribution in [0, 0.1) is 5.82 Å². The zero-order valence-electron chi connectivity index (χ0n) is 19.3. The van der Waals surface area contributed by atoms with Gasteiger partial charge in [-0.25, -0.2) is 4.39 Å². The molecule has 1 aliphatic heterocycles. The number of nitrogens with zero attached hydrogens (tertiary/aromatic N) is 2. The number of halogens is 1. The predicted molar refractivity (Wildman–Crippen MR) is 127 cm³/mol. The molecule has 1 aliphatic rings. The highest BCUT2D eigenvalue weighted by atomic mass is 19.1. The summed E-state index contributed by atoms with van der Waals surface area (Å²) < 4.78 is 24.2. The van der Waals surface area contributed by atoms with E-state index in [0.717, 1.165) is 17.5 Å². The summed E-state index contributed by atoms with van der Waals surface area (Å²) in [5.41, 5.74) is 1.56. The average molecular weight is 465 g/mol. The van der Waals surface area contributed by atoms with Gasteiger partial charge in [0.1, 0.15) is 24.4 Å². The molecule has 3 aromatic rings. The maximum Gasteiger partial charge on any atom is 0.230 e. The molecular formula is C27H29FN2O4. The minimum Gasteiger partial charge on any atom is -0.482 e. The van der Waals surface area contributed by atoms with Gasteiger partial charge in [0.25, 0.3) is 0 Å². The first kappa shape index (κ1) is 23.7. The van der Waals surface area contributed by atoms with E-state index in [1.54, 1.807) is 12.1 Å². The van der Waals surface area contributed by atoms with E-state index in [-0.39, 0.29) is 35.4 Å². The Morgan fingerprint density at radius 2 is 1.76 bits per heavy atom. The third kappa shape index (κ3) is 5.91. The SMILES string of the molecule is CC[C@@H](C(=O)N1CCN(Cc2cc(=O)c(OCc3ccc(F)cc3)co2)CC1)c1ccccc1. The molecular weight excluding hydrogens is 435 g/mol. The predicted octanol–water partition coefficient (Wildman–Crippen LogP) is 4.20.